The summed E-state index contributed by atoms with van der Waals surface area (Å²) in [4.78, 5) is 16.3. The Morgan fingerprint density at radius 2 is 1.93 bits per heavy atom. The number of rotatable bonds is 4. The Morgan fingerprint density at radius 1 is 1.17 bits per heavy atom. The normalized spacial score (nSPS) is 19.2. The van der Waals surface area contributed by atoms with Crippen molar-refractivity contribution in [3.8, 4) is 11.5 Å². The number of alkyl halides is 3. The third-order valence-corrected chi connectivity index (χ3v) is 4.82. The van der Waals surface area contributed by atoms with Crippen LogP contribution in [0.25, 0.3) is 11.5 Å². The van der Waals surface area contributed by atoms with Crippen molar-refractivity contribution in [1.82, 2.24) is 20.5 Å². The number of benzene rings is 1. The van der Waals surface area contributed by atoms with Gasteiger partial charge in [-0.2, -0.15) is 13.2 Å². The molecule has 1 saturated heterocycles. The molecule has 7 nitrogen and oxygen atoms in total. The maximum Gasteiger partial charge on any atom is 0.416 e. The number of nitrogens with one attached hydrogen (secondary N) is 2. The van der Waals surface area contributed by atoms with Gasteiger partial charge < -0.3 is 15.1 Å². The smallest absolute Gasteiger partial charge is 0.416 e. The Morgan fingerprint density at radius 3 is 2.59 bits per heavy atom. The molecule has 2 aromatic heterocycles. The van der Waals surface area contributed by atoms with Crippen LogP contribution in [0.4, 0.5) is 24.7 Å². The minimum absolute atomic E-state index is 0.156. The van der Waals surface area contributed by atoms with Gasteiger partial charge >= 0.3 is 6.18 Å². The van der Waals surface area contributed by atoms with Gasteiger partial charge in [0, 0.05) is 18.4 Å². The van der Waals surface area contributed by atoms with Crippen LogP contribution in [0.15, 0.2) is 47.0 Å². The number of hydrogen-bond acceptors (Lipinski definition) is 6. The number of pyridine rings is 1. The van der Waals surface area contributed by atoms with Gasteiger partial charge in [0.05, 0.1) is 11.1 Å². The van der Waals surface area contributed by atoms with Crippen LogP contribution in [0.5, 0.6) is 0 Å². The van der Waals surface area contributed by atoms with Gasteiger partial charge in [0.15, 0.2) is 0 Å². The van der Waals surface area contributed by atoms with Gasteiger partial charge in [-0.25, -0.2) is 4.98 Å². The zero-order chi connectivity index (χ0) is 20.6. The highest BCUT2D eigenvalue weighted by Crippen LogP contribution is 2.35. The largest absolute Gasteiger partial charge is 0.419 e. The quantitative estimate of drug-likeness (QED) is 0.691. The summed E-state index contributed by atoms with van der Waals surface area (Å²) < 4.78 is 44.0. The lowest BCUT2D eigenvalue weighted by atomic mass is 9.89. The van der Waals surface area contributed by atoms with E-state index < -0.39 is 17.2 Å². The van der Waals surface area contributed by atoms with E-state index >= 15 is 0 Å². The average molecular weight is 403 g/mol. The summed E-state index contributed by atoms with van der Waals surface area (Å²) in [7, 11) is 0. The first-order valence-electron chi connectivity index (χ1n) is 8.79. The van der Waals surface area contributed by atoms with Gasteiger partial charge in [0.2, 0.25) is 11.8 Å². The minimum Gasteiger partial charge on any atom is -0.419 e. The molecule has 10 heteroatoms. The molecule has 29 heavy (non-hydrogen) atoms. The summed E-state index contributed by atoms with van der Waals surface area (Å²) in [5.41, 5.74) is -0.754. The molecule has 1 aliphatic rings. The molecule has 1 unspecified atom stereocenters. The maximum absolute atomic E-state index is 12.7. The van der Waals surface area contributed by atoms with E-state index in [1.54, 1.807) is 19.1 Å². The fourth-order valence-electron chi connectivity index (χ4n) is 3.05. The first-order chi connectivity index (χ1) is 13.8. The highest BCUT2D eigenvalue weighted by Gasteiger charge is 2.44. The minimum atomic E-state index is -4.41. The highest BCUT2D eigenvalue weighted by molar-refractivity contribution is 5.88. The van der Waals surface area contributed by atoms with E-state index in [9.17, 15) is 18.0 Å². The lowest BCUT2D eigenvalue weighted by Gasteiger charge is -2.14. The van der Waals surface area contributed by atoms with Gasteiger partial charge in [-0.1, -0.05) is 0 Å². The Bertz CT molecular complexity index is 1050. The second-order valence-electron chi connectivity index (χ2n) is 6.85. The molecule has 1 amide bonds. The SMILES string of the molecule is CC1(c2nnc(-c3cccnc3Nc3ccc(C(F)(F)F)cc3)o2)CCNC1=O. The van der Waals surface area contributed by atoms with Crippen molar-refractivity contribution in [2.75, 3.05) is 11.9 Å². The molecule has 1 atom stereocenters. The molecular weight excluding hydrogens is 387 g/mol. The van der Waals surface area contributed by atoms with Gasteiger partial charge in [0.25, 0.3) is 5.89 Å². The number of halogens is 3. The van der Waals surface area contributed by atoms with Crippen LogP contribution in [0.1, 0.15) is 24.8 Å². The summed E-state index contributed by atoms with van der Waals surface area (Å²) in [5, 5.41) is 13.8. The van der Waals surface area contributed by atoms with E-state index in [0.29, 0.717) is 30.0 Å². The molecule has 150 valence electrons. The second-order valence-corrected chi connectivity index (χ2v) is 6.85. The van der Waals surface area contributed by atoms with E-state index in [4.69, 9.17) is 4.42 Å². The van der Waals surface area contributed by atoms with Gasteiger partial charge in [-0.3, -0.25) is 4.79 Å². The fourth-order valence-corrected chi connectivity index (χ4v) is 3.05. The molecule has 1 fully saturated rings. The summed E-state index contributed by atoms with van der Waals surface area (Å²) >= 11 is 0. The molecule has 0 saturated carbocycles. The van der Waals surface area contributed by atoms with Crippen LogP contribution in [0.2, 0.25) is 0 Å². The molecule has 4 rings (SSSR count). The van der Waals surface area contributed by atoms with Crippen LogP contribution in [0, 0.1) is 0 Å². The van der Waals surface area contributed by atoms with Crippen molar-refractivity contribution >= 4 is 17.4 Å². The number of carbonyl (C=O) groups is 1. The van der Waals surface area contributed by atoms with Crippen LogP contribution in [-0.4, -0.2) is 27.6 Å². The predicted molar refractivity (Wildman–Crippen MR) is 97.2 cm³/mol. The number of nitrogens with zero attached hydrogens (tertiary/aromatic N) is 3. The van der Waals surface area contributed by atoms with Crippen molar-refractivity contribution in [2.24, 2.45) is 0 Å². The molecule has 0 aliphatic carbocycles. The first-order valence-corrected chi connectivity index (χ1v) is 8.79. The van der Waals surface area contributed by atoms with Crippen LogP contribution >= 0.6 is 0 Å². The fraction of sp³-hybridized carbons (Fsp3) is 0.263. The van der Waals surface area contributed by atoms with Gasteiger partial charge in [-0.15, -0.1) is 10.2 Å². The molecule has 3 heterocycles. The van der Waals surface area contributed by atoms with Crippen molar-refractivity contribution in [1.29, 1.82) is 0 Å². The highest BCUT2D eigenvalue weighted by atomic mass is 19.4. The van der Waals surface area contributed by atoms with E-state index in [0.717, 1.165) is 12.1 Å². The van der Waals surface area contributed by atoms with Gasteiger partial charge in [-0.05, 0) is 49.7 Å². The average Bonchev–Trinajstić information content (AvgIpc) is 3.30. The van der Waals surface area contributed by atoms with Crippen molar-refractivity contribution in [2.45, 2.75) is 24.9 Å². The number of hydrogen-bond donors (Lipinski definition) is 2. The molecular formula is C19H16F3N5O2. The van der Waals surface area contributed by atoms with Crippen LogP contribution < -0.4 is 10.6 Å². The molecule has 0 radical (unpaired) electrons. The Kier molecular flexibility index (Phi) is 4.48. The van der Waals surface area contributed by atoms with Crippen molar-refractivity contribution in [3.05, 3.63) is 54.0 Å². The molecule has 1 aliphatic heterocycles. The second kappa shape index (κ2) is 6.87. The lowest BCUT2D eigenvalue weighted by Crippen LogP contribution is -2.32. The van der Waals surface area contributed by atoms with Crippen LogP contribution in [0.3, 0.4) is 0 Å². The van der Waals surface area contributed by atoms with E-state index in [-0.39, 0.29) is 17.7 Å². The number of carbonyl (C=O) groups excluding carboxylic acids is 1. The van der Waals surface area contributed by atoms with E-state index in [2.05, 4.69) is 25.8 Å². The Balaban J connectivity index is 1.62. The number of anilines is 2. The topological polar surface area (TPSA) is 92.9 Å². The summed E-state index contributed by atoms with van der Waals surface area (Å²) in [6, 6.07) is 7.94. The summed E-state index contributed by atoms with van der Waals surface area (Å²) in [6.45, 7) is 2.26. The number of amides is 1. The summed E-state index contributed by atoms with van der Waals surface area (Å²) in [6.07, 6.45) is -2.34. The van der Waals surface area contributed by atoms with Crippen molar-refractivity contribution < 1.29 is 22.4 Å². The van der Waals surface area contributed by atoms with Gasteiger partial charge in [0.1, 0.15) is 11.2 Å². The number of aromatic nitrogens is 3. The van der Waals surface area contributed by atoms with Crippen LogP contribution in [-0.2, 0) is 16.4 Å². The molecule has 0 bridgehead atoms. The molecule has 3 aromatic rings. The Labute approximate surface area is 163 Å². The monoisotopic (exact) mass is 403 g/mol. The van der Waals surface area contributed by atoms with E-state index in [1.807, 2.05) is 0 Å². The third kappa shape index (κ3) is 3.53. The maximum atomic E-state index is 12.7. The lowest BCUT2D eigenvalue weighted by molar-refractivity contribution is -0.137. The Hall–Kier alpha value is -3.43. The predicted octanol–water partition coefficient (Wildman–Crippen LogP) is 3.67. The molecule has 1 aromatic carbocycles. The van der Waals surface area contributed by atoms with E-state index in [1.165, 1.54) is 18.3 Å². The standard InChI is InChI=1S/C19H16F3N5O2/c1-18(8-10-24-16(18)28)17-27-26-15(29-17)13-3-2-9-23-14(13)25-12-6-4-11(5-7-12)19(20,21)22/h2-7,9H,8,10H2,1H3,(H,23,25)(H,24,28). The molecule has 2 N–H and O–H groups in total. The summed E-state index contributed by atoms with van der Waals surface area (Å²) in [5.74, 6) is 0.515. The third-order valence-electron chi connectivity index (χ3n) is 4.82. The molecule has 0 spiro atoms. The van der Waals surface area contributed by atoms with Crippen molar-refractivity contribution in [3.63, 3.8) is 0 Å². The zero-order valence-corrected chi connectivity index (χ0v) is 15.2. The zero-order valence-electron chi connectivity index (χ0n) is 15.2. The first kappa shape index (κ1) is 18.9.